The number of ether oxygens (including phenoxy) is 1. The minimum absolute atomic E-state index is 0.142. The third-order valence-corrected chi connectivity index (χ3v) is 5.25. The van der Waals surface area contributed by atoms with E-state index < -0.39 is 22.8 Å². The Morgan fingerprint density at radius 3 is 2.41 bits per heavy atom. The number of carbonyl (C=O) groups is 3. The zero-order valence-electron chi connectivity index (χ0n) is 17.2. The lowest BCUT2D eigenvalue weighted by molar-refractivity contribution is -0.384. The van der Waals surface area contributed by atoms with Gasteiger partial charge < -0.3 is 9.64 Å². The molecule has 2 heterocycles. The molecule has 2 aromatic rings. The molecule has 0 aromatic heterocycles. The van der Waals surface area contributed by atoms with Crippen molar-refractivity contribution in [3.63, 3.8) is 0 Å². The van der Waals surface area contributed by atoms with E-state index in [4.69, 9.17) is 4.74 Å². The number of nitrogens with zero attached hydrogens (tertiary/aromatic N) is 3. The number of nitrogens with one attached hydrogen (secondary N) is 1. The number of morpholine rings is 1. The molecule has 2 aromatic carbocycles. The molecule has 10 heteroatoms. The fourth-order valence-corrected chi connectivity index (χ4v) is 3.60. The first-order chi connectivity index (χ1) is 15.3. The van der Waals surface area contributed by atoms with Gasteiger partial charge in [-0.05, 0) is 36.8 Å². The number of nitro groups is 1. The SMILES string of the molecule is Cc1ccc(N2C(=O)NC(=O)/C(=C\c3ccc(N4CCOCC4)c([N+](=O)[O-])c3)C2=O)cc1. The number of aryl methyl sites for hydroxylation is 1. The summed E-state index contributed by atoms with van der Waals surface area (Å²) in [5, 5.41) is 13.8. The summed E-state index contributed by atoms with van der Waals surface area (Å²) in [6.07, 6.45) is 1.25. The minimum atomic E-state index is -0.858. The number of rotatable bonds is 4. The molecule has 2 fully saturated rings. The number of anilines is 2. The van der Waals surface area contributed by atoms with Crippen LogP contribution in [0.3, 0.4) is 0 Å². The summed E-state index contributed by atoms with van der Waals surface area (Å²) < 4.78 is 5.30. The van der Waals surface area contributed by atoms with Gasteiger partial charge in [0.2, 0.25) is 0 Å². The molecule has 0 radical (unpaired) electrons. The van der Waals surface area contributed by atoms with Crippen molar-refractivity contribution in [3.05, 3.63) is 69.3 Å². The third kappa shape index (κ3) is 4.08. The van der Waals surface area contributed by atoms with Gasteiger partial charge in [0.15, 0.2) is 0 Å². The summed E-state index contributed by atoms with van der Waals surface area (Å²) in [5.74, 6) is -1.66. The number of amides is 4. The van der Waals surface area contributed by atoms with Crippen LogP contribution in [-0.4, -0.2) is 49.1 Å². The smallest absolute Gasteiger partial charge is 0.335 e. The number of hydrogen-bond acceptors (Lipinski definition) is 7. The highest BCUT2D eigenvalue weighted by Crippen LogP contribution is 2.31. The molecule has 1 N–H and O–H groups in total. The highest BCUT2D eigenvalue weighted by molar-refractivity contribution is 6.39. The molecule has 0 saturated carbocycles. The van der Waals surface area contributed by atoms with Gasteiger partial charge in [0.25, 0.3) is 17.5 Å². The molecular weight excluding hydrogens is 416 g/mol. The fourth-order valence-electron chi connectivity index (χ4n) is 3.60. The summed E-state index contributed by atoms with van der Waals surface area (Å²) in [5.41, 5.74) is 1.56. The molecule has 32 heavy (non-hydrogen) atoms. The van der Waals surface area contributed by atoms with E-state index in [1.165, 1.54) is 12.1 Å². The van der Waals surface area contributed by atoms with Crippen molar-refractivity contribution in [1.29, 1.82) is 0 Å². The van der Waals surface area contributed by atoms with Gasteiger partial charge in [-0.15, -0.1) is 0 Å². The van der Waals surface area contributed by atoms with E-state index in [0.29, 0.717) is 43.2 Å². The van der Waals surface area contributed by atoms with Crippen molar-refractivity contribution < 1.29 is 24.0 Å². The van der Waals surface area contributed by atoms with Crippen LogP contribution in [0.1, 0.15) is 11.1 Å². The van der Waals surface area contributed by atoms with Crippen LogP contribution in [0, 0.1) is 17.0 Å². The highest BCUT2D eigenvalue weighted by atomic mass is 16.6. The van der Waals surface area contributed by atoms with Gasteiger partial charge in [0.1, 0.15) is 11.3 Å². The Labute approximate surface area is 183 Å². The van der Waals surface area contributed by atoms with Crippen molar-refractivity contribution in [1.82, 2.24) is 5.32 Å². The molecule has 2 aliphatic heterocycles. The van der Waals surface area contributed by atoms with Crippen molar-refractivity contribution in [2.45, 2.75) is 6.92 Å². The Bertz CT molecular complexity index is 1140. The Morgan fingerprint density at radius 1 is 1.06 bits per heavy atom. The van der Waals surface area contributed by atoms with E-state index in [9.17, 15) is 24.5 Å². The molecule has 0 atom stereocenters. The van der Waals surface area contributed by atoms with Gasteiger partial charge in [-0.3, -0.25) is 25.0 Å². The molecule has 164 valence electrons. The van der Waals surface area contributed by atoms with Crippen LogP contribution >= 0.6 is 0 Å². The van der Waals surface area contributed by atoms with Crippen molar-refractivity contribution >= 4 is 41.0 Å². The predicted molar refractivity (Wildman–Crippen MR) is 116 cm³/mol. The zero-order valence-corrected chi connectivity index (χ0v) is 17.2. The van der Waals surface area contributed by atoms with Gasteiger partial charge in [0, 0.05) is 19.2 Å². The van der Waals surface area contributed by atoms with Gasteiger partial charge >= 0.3 is 6.03 Å². The lowest BCUT2D eigenvalue weighted by Crippen LogP contribution is -2.54. The monoisotopic (exact) mass is 436 g/mol. The molecular formula is C22H20N4O6. The number of barbiturate groups is 1. The van der Waals surface area contributed by atoms with E-state index in [2.05, 4.69) is 5.32 Å². The van der Waals surface area contributed by atoms with Crippen LogP contribution in [0.15, 0.2) is 48.0 Å². The van der Waals surface area contributed by atoms with E-state index in [0.717, 1.165) is 10.5 Å². The Morgan fingerprint density at radius 2 is 1.75 bits per heavy atom. The average Bonchev–Trinajstić information content (AvgIpc) is 2.78. The standard InChI is InChI=1S/C22H20N4O6/c1-14-2-5-16(6-3-14)25-21(28)17(20(27)23-22(25)29)12-15-4-7-18(19(13-15)26(30)31)24-8-10-32-11-9-24/h2-7,12-13H,8-11H2,1H3,(H,23,27,29)/b17-12+. The number of urea groups is 1. The minimum Gasteiger partial charge on any atom is -0.378 e. The average molecular weight is 436 g/mol. The normalized spacial score (nSPS) is 18.2. The van der Waals surface area contributed by atoms with Crippen molar-refractivity contribution in [2.24, 2.45) is 0 Å². The second kappa shape index (κ2) is 8.60. The van der Waals surface area contributed by atoms with E-state index in [1.54, 1.807) is 36.4 Å². The van der Waals surface area contributed by atoms with Crippen LogP contribution < -0.4 is 15.1 Å². The lowest BCUT2D eigenvalue weighted by Gasteiger charge is -2.28. The predicted octanol–water partition coefficient (Wildman–Crippen LogP) is 2.41. The van der Waals surface area contributed by atoms with Crippen LogP contribution in [0.25, 0.3) is 6.08 Å². The van der Waals surface area contributed by atoms with Gasteiger partial charge in [-0.25, -0.2) is 9.69 Å². The second-order valence-electron chi connectivity index (χ2n) is 7.40. The van der Waals surface area contributed by atoms with Crippen LogP contribution in [0.4, 0.5) is 21.9 Å². The lowest BCUT2D eigenvalue weighted by atomic mass is 10.0. The van der Waals surface area contributed by atoms with E-state index >= 15 is 0 Å². The van der Waals surface area contributed by atoms with Gasteiger partial charge in [-0.2, -0.15) is 0 Å². The van der Waals surface area contributed by atoms with Gasteiger partial charge in [0.05, 0.1) is 23.8 Å². The van der Waals surface area contributed by atoms with Crippen LogP contribution in [-0.2, 0) is 14.3 Å². The number of nitro benzene ring substituents is 1. The van der Waals surface area contributed by atoms with Crippen LogP contribution in [0.2, 0.25) is 0 Å². The number of imide groups is 2. The first-order valence-corrected chi connectivity index (χ1v) is 9.94. The molecule has 0 unspecified atom stereocenters. The Balaban J connectivity index is 1.69. The summed E-state index contributed by atoms with van der Waals surface area (Å²) >= 11 is 0. The number of benzene rings is 2. The maximum absolute atomic E-state index is 13.0. The maximum Gasteiger partial charge on any atom is 0.335 e. The van der Waals surface area contributed by atoms with Crippen molar-refractivity contribution in [3.8, 4) is 0 Å². The quantitative estimate of drug-likeness (QED) is 0.338. The molecule has 0 aliphatic carbocycles. The number of carbonyl (C=O) groups excluding carboxylic acids is 3. The molecule has 4 amide bonds. The number of hydrogen-bond donors (Lipinski definition) is 1. The van der Waals surface area contributed by atoms with E-state index in [-0.39, 0.29) is 11.3 Å². The summed E-state index contributed by atoms with van der Waals surface area (Å²) in [6.45, 7) is 3.86. The largest absolute Gasteiger partial charge is 0.378 e. The molecule has 2 aliphatic rings. The summed E-state index contributed by atoms with van der Waals surface area (Å²) in [7, 11) is 0. The molecule has 0 bridgehead atoms. The molecule has 10 nitrogen and oxygen atoms in total. The summed E-state index contributed by atoms with van der Waals surface area (Å²) in [6, 6.07) is 10.3. The van der Waals surface area contributed by atoms with Crippen molar-refractivity contribution in [2.75, 3.05) is 36.1 Å². The fraction of sp³-hybridized carbons (Fsp3) is 0.227. The van der Waals surface area contributed by atoms with Crippen LogP contribution in [0.5, 0.6) is 0 Å². The topological polar surface area (TPSA) is 122 Å². The highest BCUT2D eigenvalue weighted by Gasteiger charge is 2.37. The summed E-state index contributed by atoms with van der Waals surface area (Å²) in [4.78, 5) is 51.6. The molecule has 2 saturated heterocycles. The molecule has 0 spiro atoms. The Kier molecular flexibility index (Phi) is 5.69. The third-order valence-electron chi connectivity index (χ3n) is 5.25. The second-order valence-corrected chi connectivity index (χ2v) is 7.40. The molecule has 4 rings (SSSR count). The maximum atomic E-state index is 13.0. The van der Waals surface area contributed by atoms with Gasteiger partial charge in [-0.1, -0.05) is 23.8 Å². The zero-order chi connectivity index (χ0) is 22.8. The first kappa shape index (κ1) is 21.2. The first-order valence-electron chi connectivity index (χ1n) is 9.94. The van der Waals surface area contributed by atoms with E-state index in [1.807, 2.05) is 11.8 Å². The Hall–Kier alpha value is -4.05.